The second-order valence-corrected chi connectivity index (χ2v) is 6.76. The van der Waals surface area contributed by atoms with E-state index in [4.69, 9.17) is 0 Å². The van der Waals surface area contributed by atoms with Crippen LogP contribution in [0.5, 0.6) is 0 Å². The zero-order valence-corrected chi connectivity index (χ0v) is 11.4. The number of nitrogens with zero attached hydrogens (tertiary/aromatic N) is 1. The summed E-state index contributed by atoms with van der Waals surface area (Å²) in [4.78, 5) is 2.61. The summed E-state index contributed by atoms with van der Waals surface area (Å²) in [5, 5.41) is 4.38. The van der Waals surface area contributed by atoms with Gasteiger partial charge in [0, 0.05) is 43.7 Å². The highest BCUT2D eigenvalue weighted by Gasteiger charge is 2.19. The Kier molecular flexibility index (Phi) is 5.46. The molecule has 94 valence electrons. The molecule has 1 aliphatic heterocycles. The predicted molar refractivity (Wildman–Crippen MR) is 73.2 cm³/mol. The third-order valence-corrected chi connectivity index (χ3v) is 5.18. The normalized spacial score (nSPS) is 32.8. The Balaban J connectivity index is 1.56. The highest BCUT2D eigenvalue weighted by Crippen LogP contribution is 2.31. The lowest BCUT2D eigenvalue weighted by molar-refractivity contribution is 0.255. The summed E-state index contributed by atoms with van der Waals surface area (Å²) in [6, 6.07) is 0. The molecule has 0 bridgehead atoms. The van der Waals surface area contributed by atoms with Crippen LogP contribution in [0.15, 0.2) is 0 Å². The lowest BCUT2D eigenvalue weighted by Gasteiger charge is -2.29. The monoisotopic (exact) mass is 242 g/mol. The van der Waals surface area contributed by atoms with E-state index in [1.54, 1.807) is 0 Å². The van der Waals surface area contributed by atoms with Crippen molar-refractivity contribution in [1.82, 2.24) is 10.2 Å². The van der Waals surface area contributed by atoms with Crippen molar-refractivity contribution in [2.24, 2.45) is 5.92 Å². The summed E-state index contributed by atoms with van der Waals surface area (Å²) in [5.74, 6) is 2.32. The minimum absolute atomic E-state index is 0.965. The topological polar surface area (TPSA) is 15.3 Å². The molecule has 1 saturated carbocycles. The maximum Gasteiger partial charge on any atom is 0.0108 e. The highest BCUT2D eigenvalue weighted by atomic mass is 32.2. The molecular formula is C13H26N2S. The van der Waals surface area contributed by atoms with Gasteiger partial charge in [-0.25, -0.2) is 0 Å². The molecule has 2 fully saturated rings. The first-order valence-corrected chi connectivity index (χ1v) is 7.94. The largest absolute Gasteiger partial charge is 0.314 e. The molecular weight excluding hydrogens is 216 g/mol. The third kappa shape index (κ3) is 4.27. The van der Waals surface area contributed by atoms with Gasteiger partial charge in [0.25, 0.3) is 0 Å². The van der Waals surface area contributed by atoms with Crippen LogP contribution in [-0.2, 0) is 0 Å². The molecule has 0 aromatic heterocycles. The van der Waals surface area contributed by atoms with Crippen LogP contribution in [0.4, 0.5) is 0 Å². The van der Waals surface area contributed by atoms with E-state index in [2.05, 4.69) is 28.9 Å². The lowest BCUT2D eigenvalue weighted by atomic mass is 9.91. The maximum atomic E-state index is 3.41. The Bertz CT molecular complexity index is 192. The number of thioether (sulfide) groups is 1. The molecule has 1 saturated heterocycles. The van der Waals surface area contributed by atoms with E-state index in [0.29, 0.717) is 0 Å². The maximum absolute atomic E-state index is 3.41. The summed E-state index contributed by atoms with van der Waals surface area (Å²) >= 11 is 2.23. The van der Waals surface area contributed by atoms with Crippen molar-refractivity contribution in [2.45, 2.75) is 37.9 Å². The van der Waals surface area contributed by atoms with E-state index in [0.717, 1.165) is 11.2 Å². The Morgan fingerprint density at radius 1 is 1.25 bits per heavy atom. The Morgan fingerprint density at radius 3 is 2.81 bits per heavy atom. The molecule has 1 aliphatic carbocycles. The van der Waals surface area contributed by atoms with Crippen molar-refractivity contribution in [3.05, 3.63) is 0 Å². The first kappa shape index (κ1) is 12.7. The van der Waals surface area contributed by atoms with E-state index < -0.39 is 0 Å². The van der Waals surface area contributed by atoms with Crippen molar-refractivity contribution < 1.29 is 0 Å². The molecule has 2 rings (SSSR count). The van der Waals surface area contributed by atoms with Crippen LogP contribution >= 0.6 is 11.8 Å². The van der Waals surface area contributed by atoms with Gasteiger partial charge < -0.3 is 5.32 Å². The smallest absolute Gasteiger partial charge is 0.0108 e. The van der Waals surface area contributed by atoms with Gasteiger partial charge in [-0.3, -0.25) is 4.90 Å². The zero-order valence-electron chi connectivity index (χ0n) is 10.6. The van der Waals surface area contributed by atoms with Gasteiger partial charge in [-0.2, -0.15) is 11.8 Å². The van der Waals surface area contributed by atoms with E-state index in [9.17, 15) is 0 Å². The van der Waals surface area contributed by atoms with Gasteiger partial charge in [-0.1, -0.05) is 19.8 Å². The standard InChI is InChI=1S/C13H26N2S/c1-12-3-2-4-13(11-12)16-10-9-15-7-5-14-6-8-15/h12-14H,2-11H2,1H3. The van der Waals surface area contributed by atoms with Crippen molar-refractivity contribution in [3.63, 3.8) is 0 Å². The Labute approximate surface area is 105 Å². The van der Waals surface area contributed by atoms with E-state index >= 15 is 0 Å². The van der Waals surface area contributed by atoms with Crippen molar-refractivity contribution in [3.8, 4) is 0 Å². The van der Waals surface area contributed by atoms with Gasteiger partial charge >= 0.3 is 0 Å². The van der Waals surface area contributed by atoms with Crippen LogP contribution in [0.1, 0.15) is 32.6 Å². The molecule has 0 aromatic rings. The fraction of sp³-hybridized carbons (Fsp3) is 1.00. The average Bonchev–Trinajstić information content (AvgIpc) is 2.30. The molecule has 0 spiro atoms. The van der Waals surface area contributed by atoms with Crippen LogP contribution in [0.2, 0.25) is 0 Å². The third-order valence-electron chi connectivity index (χ3n) is 3.86. The number of piperazine rings is 1. The number of hydrogen-bond acceptors (Lipinski definition) is 3. The molecule has 3 heteroatoms. The summed E-state index contributed by atoms with van der Waals surface area (Å²) < 4.78 is 0. The Morgan fingerprint density at radius 2 is 2.06 bits per heavy atom. The molecule has 2 atom stereocenters. The molecule has 16 heavy (non-hydrogen) atoms. The molecule has 2 unspecified atom stereocenters. The van der Waals surface area contributed by atoms with Crippen LogP contribution in [0.25, 0.3) is 0 Å². The summed E-state index contributed by atoms with van der Waals surface area (Å²) in [6.07, 6.45) is 5.87. The van der Waals surface area contributed by atoms with Gasteiger partial charge in [0.2, 0.25) is 0 Å². The van der Waals surface area contributed by atoms with Gasteiger partial charge in [0.1, 0.15) is 0 Å². The molecule has 0 radical (unpaired) electrons. The first-order valence-electron chi connectivity index (χ1n) is 6.89. The predicted octanol–water partition coefficient (Wildman–Crippen LogP) is 2.20. The van der Waals surface area contributed by atoms with Crippen molar-refractivity contribution >= 4 is 11.8 Å². The number of hydrogen-bond donors (Lipinski definition) is 1. The first-order chi connectivity index (χ1) is 7.84. The minimum atomic E-state index is 0.965. The van der Waals surface area contributed by atoms with Crippen LogP contribution in [-0.4, -0.2) is 48.6 Å². The fourth-order valence-corrected chi connectivity index (χ4v) is 4.31. The van der Waals surface area contributed by atoms with E-state index in [1.165, 1.54) is 64.2 Å². The second-order valence-electron chi connectivity index (χ2n) is 5.36. The van der Waals surface area contributed by atoms with Crippen molar-refractivity contribution in [2.75, 3.05) is 38.5 Å². The fourth-order valence-electron chi connectivity index (χ4n) is 2.81. The quantitative estimate of drug-likeness (QED) is 0.814. The van der Waals surface area contributed by atoms with Gasteiger partial charge in [0.05, 0.1) is 0 Å². The molecule has 0 aromatic carbocycles. The number of rotatable bonds is 4. The van der Waals surface area contributed by atoms with E-state index in [1.807, 2.05) is 0 Å². The summed E-state index contributed by atoms with van der Waals surface area (Å²) in [5.41, 5.74) is 0. The van der Waals surface area contributed by atoms with Crippen molar-refractivity contribution in [1.29, 1.82) is 0 Å². The number of nitrogens with one attached hydrogen (secondary N) is 1. The van der Waals surface area contributed by atoms with Crippen LogP contribution < -0.4 is 5.32 Å². The average molecular weight is 242 g/mol. The van der Waals surface area contributed by atoms with Crippen LogP contribution in [0.3, 0.4) is 0 Å². The molecule has 0 amide bonds. The zero-order chi connectivity index (χ0) is 11.2. The molecule has 2 aliphatic rings. The second kappa shape index (κ2) is 6.87. The lowest BCUT2D eigenvalue weighted by Crippen LogP contribution is -2.44. The molecule has 1 N–H and O–H groups in total. The van der Waals surface area contributed by atoms with Crippen LogP contribution in [0, 0.1) is 5.92 Å². The minimum Gasteiger partial charge on any atom is -0.314 e. The SMILES string of the molecule is CC1CCCC(SCCN2CCNCC2)C1. The Hall–Kier alpha value is 0.270. The molecule has 2 nitrogen and oxygen atoms in total. The van der Waals surface area contributed by atoms with Gasteiger partial charge in [0.15, 0.2) is 0 Å². The summed E-state index contributed by atoms with van der Waals surface area (Å²) in [6.45, 7) is 8.60. The van der Waals surface area contributed by atoms with Gasteiger partial charge in [-0.05, 0) is 18.8 Å². The van der Waals surface area contributed by atoms with Gasteiger partial charge in [-0.15, -0.1) is 0 Å². The van der Waals surface area contributed by atoms with E-state index in [-0.39, 0.29) is 0 Å². The highest BCUT2D eigenvalue weighted by molar-refractivity contribution is 7.99. The summed E-state index contributed by atoms with van der Waals surface area (Å²) in [7, 11) is 0. The molecule has 1 heterocycles.